The lowest BCUT2D eigenvalue weighted by atomic mass is 10.1. The molecule has 0 bridgehead atoms. The topological polar surface area (TPSA) is 58.4 Å². The zero-order chi connectivity index (χ0) is 11.3. The Morgan fingerprint density at radius 3 is 2.93 bits per heavy atom. The van der Waals surface area contributed by atoms with E-state index < -0.39 is 0 Å². The number of hydrogen-bond acceptors (Lipinski definition) is 3. The lowest BCUT2D eigenvalue weighted by Crippen LogP contribution is -2.46. The number of carbonyl (C=O) groups excluding carboxylic acids is 1. The smallest absolute Gasteiger partial charge is 0.237 e. The Morgan fingerprint density at radius 1 is 1.60 bits per heavy atom. The van der Waals surface area contributed by atoms with Crippen molar-refractivity contribution in [2.24, 2.45) is 5.73 Å². The molecule has 1 saturated heterocycles. The Kier molecular flexibility index (Phi) is 5.05. The molecular weight excluding hydrogens is 190 g/mol. The van der Waals surface area contributed by atoms with Gasteiger partial charge in [-0.2, -0.15) is 0 Å². The van der Waals surface area contributed by atoms with Gasteiger partial charge in [0, 0.05) is 12.6 Å². The minimum absolute atomic E-state index is 0.0140. The molecule has 0 saturated carbocycles. The fraction of sp³-hybridized carbons (Fsp3) is 0.909. The Bertz CT molecular complexity index is 208. The van der Waals surface area contributed by atoms with Crippen molar-refractivity contribution in [3.63, 3.8) is 0 Å². The van der Waals surface area contributed by atoms with E-state index >= 15 is 0 Å². The Balaban J connectivity index is 2.67. The van der Waals surface area contributed by atoms with Crippen LogP contribution in [-0.4, -0.2) is 42.5 Å². The first-order valence-electron chi connectivity index (χ1n) is 5.93. The summed E-state index contributed by atoms with van der Waals surface area (Å²) in [6.07, 6.45) is 2.88. The van der Waals surface area contributed by atoms with Gasteiger partial charge in [0.15, 0.2) is 0 Å². The predicted octanol–water partition coefficient (Wildman–Crippen LogP) is 0.324. The lowest BCUT2D eigenvalue weighted by Gasteiger charge is -2.27. The van der Waals surface area contributed by atoms with Crippen molar-refractivity contribution < 1.29 is 4.79 Å². The molecule has 1 rings (SSSR count). The third-order valence-corrected chi connectivity index (χ3v) is 2.93. The molecule has 2 unspecified atom stereocenters. The highest BCUT2D eigenvalue weighted by Gasteiger charge is 2.28. The molecule has 0 aromatic carbocycles. The predicted molar refractivity (Wildman–Crippen MR) is 61.5 cm³/mol. The second-order valence-electron chi connectivity index (χ2n) is 4.33. The fourth-order valence-corrected chi connectivity index (χ4v) is 2.12. The number of carbonyl (C=O) groups is 1. The van der Waals surface area contributed by atoms with Crippen molar-refractivity contribution in [3.8, 4) is 0 Å². The van der Waals surface area contributed by atoms with E-state index in [1.54, 1.807) is 0 Å². The largest absolute Gasteiger partial charge is 0.352 e. The minimum Gasteiger partial charge on any atom is -0.352 e. The second kappa shape index (κ2) is 6.08. The molecule has 1 aliphatic rings. The monoisotopic (exact) mass is 213 g/mol. The van der Waals surface area contributed by atoms with E-state index in [9.17, 15) is 4.79 Å². The van der Waals surface area contributed by atoms with Gasteiger partial charge in [0.2, 0.25) is 5.91 Å². The molecule has 0 spiro atoms. The number of nitrogens with zero attached hydrogens (tertiary/aromatic N) is 1. The number of amides is 1. The molecule has 3 N–H and O–H groups in total. The van der Waals surface area contributed by atoms with Crippen molar-refractivity contribution in [3.05, 3.63) is 0 Å². The van der Waals surface area contributed by atoms with Crippen LogP contribution in [0.2, 0.25) is 0 Å². The summed E-state index contributed by atoms with van der Waals surface area (Å²) in [5, 5.41) is 3.03. The molecule has 2 atom stereocenters. The van der Waals surface area contributed by atoms with Gasteiger partial charge in [-0.05, 0) is 39.3 Å². The maximum absolute atomic E-state index is 11.9. The van der Waals surface area contributed by atoms with Gasteiger partial charge in [0.1, 0.15) is 0 Å². The number of hydrogen-bond donors (Lipinski definition) is 2. The molecule has 1 amide bonds. The van der Waals surface area contributed by atoms with Crippen LogP contribution in [0.1, 0.15) is 33.1 Å². The van der Waals surface area contributed by atoms with Crippen LogP contribution in [-0.2, 0) is 4.79 Å². The molecule has 1 heterocycles. The summed E-state index contributed by atoms with van der Waals surface area (Å²) >= 11 is 0. The summed E-state index contributed by atoms with van der Waals surface area (Å²) in [5.41, 5.74) is 5.56. The van der Waals surface area contributed by atoms with Crippen LogP contribution in [0, 0.1) is 0 Å². The molecule has 1 aliphatic heterocycles. The maximum Gasteiger partial charge on any atom is 0.237 e. The standard InChI is InChI=1S/C11H23N3O/c1-3-7-14-8-5-9(2)13-11(15)10(14)4-6-12/h9-10H,3-8,12H2,1-2H3,(H,13,15). The summed E-state index contributed by atoms with van der Waals surface area (Å²) in [4.78, 5) is 14.2. The van der Waals surface area contributed by atoms with Crippen LogP contribution in [0.25, 0.3) is 0 Å². The van der Waals surface area contributed by atoms with Crippen molar-refractivity contribution in [1.82, 2.24) is 10.2 Å². The van der Waals surface area contributed by atoms with E-state index in [1.165, 1.54) is 0 Å². The second-order valence-corrected chi connectivity index (χ2v) is 4.33. The number of rotatable bonds is 4. The third kappa shape index (κ3) is 3.47. The van der Waals surface area contributed by atoms with E-state index in [0.29, 0.717) is 12.6 Å². The fourth-order valence-electron chi connectivity index (χ4n) is 2.12. The van der Waals surface area contributed by atoms with Gasteiger partial charge >= 0.3 is 0 Å². The molecule has 0 aliphatic carbocycles. The molecule has 0 aromatic heterocycles. The van der Waals surface area contributed by atoms with E-state index in [1.807, 2.05) is 0 Å². The third-order valence-electron chi connectivity index (χ3n) is 2.93. The van der Waals surface area contributed by atoms with Gasteiger partial charge in [-0.3, -0.25) is 9.69 Å². The van der Waals surface area contributed by atoms with E-state index in [4.69, 9.17) is 5.73 Å². The van der Waals surface area contributed by atoms with Crippen LogP contribution < -0.4 is 11.1 Å². The summed E-state index contributed by atoms with van der Waals surface area (Å²) in [5.74, 6) is 0.152. The molecule has 15 heavy (non-hydrogen) atoms. The minimum atomic E-state index is -0.0140. The first-order chi connectivity index (χ1) is 7.19. The maximum atomic E-state index is 11.9. The van der Waals surface area contributed by atoms with E-state index in [2.05, 4.69) is 24.1 Å². The van der Waals surface area contributed by atoms with Crippen LogP contribution in [0.15, 0.2) is 0 Å². The Morgan fingerprint density at radius 2 is 2.33 bits per heavy atom. The molecule has 0 aromatic rings. The van der Waals surface area contributed by atoms with Gasteiger partial charge in [-0.15, -0.1) is 0 Å². The first kappa shape index (κ1) is 12.5. The number of nitrogens with two attached hydrogens (primary N) is 1. The summed E-state index contributed by atoms with van der Waals surface area (Å²) in [6.45, 7) is 6.77. The SMILES string of the molecule is CCCN1CCC(C)NC(=O)C1CCN. The van der Waals surface area contributed by atoms with E-state index in [0.717, 1.165) is 32.4 Å². The van der Waals surface area contributed by atoms with Gasteiger partial charge in [-0.1, -0.05) is 6.92 Å². The zero-order valence-corrected chi connectivity index (χ0v) is 9.83. The van der Waals surface area contributed by atoms with Crippen LogP contribution in [0.5, 0.6) is 0 Å². The summed E-state index contributed by atoms with van der Waals surface area (Å²) in [6, 6.07) is 0.277. The first-order valence-corrected chi connectivity index (χ1v) is 5.93. The quantitative estimate of drug-likeness (QED) is 0.707. The van der Waals surface area contributed by atoms with Gasteiger partial charge in [0.25, 0.3) is 0 Å². The van der Waals surface area contributed by atoms with Crippen molar-refractivity contribution in [2.75, 3.05) is 19.6 Å². The van der Waals surface area contributed by atoms with Crippen molar-refractivity contribution in [1.29, 1.82) is 0 Å². The van der Waals surface area contributed by atoms with Gasteiger partial charge in [0.05, 0.1) is 6.04 Å². The molecule has 88 valence electrons. The Hall–Kier alpha value is -0.610. The highest BCUT2D eigenvalue weighted by atomic mass is 16.2. The molecule has 1 fully saturated rings. The van der Waals surface area contributed by atoms with Crippen molar-refractivity contribution in [2.45, 2.75) is 45.2 Å². The Labute approximate surface area is 92.2 Å². The van der Waals surface area contributed by atoms with Crippen LogP contribution in [0.3, 0.4) is 0 Å². The average molecular weight is 213 g/mol. The van der Waals surface area contributed by atoms with Gasteiger partial charge < -0.3 is 11.1 Å². The molecular formula is C11H23N3O. The highest BCUT2D eigenvalue weighted by molar-refractivity contribution is 5.82. The van der Waals surface area contributed by atoms with Gasteiger partial charge in [-0.25, -0.2) is 0 Å². The summed E-state index contributed by atoms with van der Waals surface area (Å²) < 4.78 is 0. The van der Waals surface area contributed by atoms with Crippen LogP contribution in [0.4, 0.5) is 0 Å². The molecule has 4 heteroatoms. The van der Waals surface area contributed by atoms with Crippen LogP contribution >= 0.6 is 0 Å². The highest BCUT2D eigenvalue weighted by Crippen LogP contribution is 2.11. The lowest BCUT2D eigenvalue weighted by molar-refractivity contribution is -0.126. The molecule has 4 nitrogen and oxygen atoms in total. The summed E-state index contributed by atoms with van der Waals surface area (Å²) in [7, 11) is 0. The molecule has 0 radical (unpaired) electrons. The number of nitrogens with one attached hydrogen (secondary N) is 1. The average Bonchev–Trinajstić information content (AvgIpc) is 2.31. The normalized spacial score (nSPS) is 28.6. The zero-order valence-electron chi connectivity index (χ0n) is 9.83. The van der Waals surface area contributed by atoms with Crippen molar-refractivity contribution >= 4 is 5.91 Å². The van der Waals surface area contributed by atoms with E-state index in [-0.39, 0.29) is 11.9 Å².